The van der Waals surface area contributed by atoms with Gasteiger partial charge in [-0.3, -0.25) is 4.90 Å². The molecule has 1 atom stereocenters. The highest BCUT2D eigenvalue weighted by Crippen LogP contribution is 2.34. The Hall–Kier alpha value is -2.98. The number of halogens is 3. The van der Waals surface area contributed by atoms with E-state index in [0.29, 0.717) is 18.2 Å². The van der Waals surface area contributed by atoms with E-state index in [4.69, 9.17) is 14.5 Å². The summed E-state index contributed by atoms with van der Waals surface area (Å²) in [5, 5.41) is 0.276. The molecular formula is C20H19F3N5O2+. The largest absolute Gasteiger partial charge is 0.491 e. The molecule has 7 nitrogen and oxygen atoms in total. The van der Waals surface area contributed by atoms with Gasteiger partial charge in [-0.1, -0.05) is 17.1 Å². The van der Waals surface area contributed by atoms with Crippen molar-refractivity contribution < 1.29 is 27.6 Å². The van der Waals surface area contributed by atoms with E-state index in [-0.39, 0.29) is 23.2 Å². The number of aromatic nitrogens is 3. The Morgan fingerprint density at radius 2 is 2.10 bits per heavy atom. The second kappa shape index (κ2) is 7.06. The molecule has 156 valence electrons. The van der Waals surface area contributed by atoms with Crippen LogP contribution >= 0.6 is 0 Å². The lowest BCUT2D eigenvalue weighted by Gasteiger charge is -2.44. The highest BCUT2D eigenvalue weighted by Gasteiger charge is 2.41. The van der Waals surface area contributed by atoms with Gasteiger partial charge in [0.15, 0.2) is 0 Å². The Labute approximate surface area is 169 Å². The number of para-hydroxylation sites is 1. The number of hydrogen-bond acceptors (Lipinski definition) is 5. The highest BCUT2D eigenvalue weighted by atomic mass is 19.4. The van der Waals surface area contributed by atoms with Gasteiger partial charge in [-0.05, 0) is 18.2 Å². The number of nitrogens with one attached hydrogen (secondary N) is 2. The zero-order valence-corrected chi connectivity index (χ0v) is 16.0. The summed E-state index contributed by atoms with van der Waals surface area (Å²) in [4.78, 5) is 16.2. The van der Waals surface area contributed by atoms with Gasteiger partial charge in [0.05, 0.1) is 11.7 Å². The number of rotatable bonds is 3. The molecule has 0 spiro atoms. The molecule has 1 aromatic carbocycles. The van der Waals surface area contributed by atoms with Crippen molar-refractivity contribution in [1.29, 1.82) is 0 Å². The number of aliphatic imine (C=N–C) groups is 1. The van der Waals surface area contributed by atoms with Gasteiger partial charge >= 0.3 is 6.18 Å². The first-order chi connectivity index (χ1) is 14.4. The fourth-order valence-electron chi connectivity index (χ4n) is 3.84. The van der Waals surface area contributed by atoms with Crippen molar-refractivity contribution >= 4 is 22.6 Å². The lowest BCUT2D eigenvalue weighted by molar-refractivity contribution is -0.365. The van der Waals surface area contributed by atoms with Gasteiger partial charge in [0, 0.05) is 20.2 Å². The minimum Gasteiger partial charge on any atom is -0.491 e. The van der Waals surface area contributed by atoms with E-state index < -0.39 is 11.9 Å². The zero-order chi connectivity index (χ0) is 20.9. The molecule has 30 heavy (non-hydrogen) atoms. The SMILES string of the molecule is COC1CN([C@@H]2COc3ccccc3/C2=N\c2[nH+]cnc3[nH]c(C(F)(F)F)cc23)C1. The standard InChI is InChI=1S/C20H18F3N5O2/c1-29-11-7-28(8-11)14-9-30-15-5-3-2-4-12(15)17(14)27-19-13-6-16(20(21,22)23)26-18(13)24-10-25-19/h2-6,10-11,14H,7-9H2,1H3,(H,24,25,26)/p+1/b27-17+/t14-/m1/s1. The van der Waals surface area contributed by atoms with Crippen LogP contribution in [0.4, 0.5) is 19.0 Å². The Bertz CT molecular complexity index is 1120. The summed E-state index contributed by atoms with van der Waals surface area (Å²) in [6.07, 6.45) is -3.00. The first-order valence-corrected chi connectivity index (χ1v) is 9.48. The fourth-order valence-corrected chi connectivity index (χ4v) is 3.84. The topological polar surface area (TPSA) is 76.9 Å². The van der Waals surface area contributed by atoms with E-state index >= 15 is 0 Å². The van der Waals surface area contributed by atoms with Crippen LogP contribution in [0.15, 0.2) is 41.7 Å². The number of H-pyrrole nitrogens is 2. The molecule has 1 saturated heterocycles. The van der Waals surface area contributed by atoms with Gasteiger partial charge in [-0.15, -0.1) is 4.99 Å². The molecular weight excluding hydrogens is 399 g/mol. The van der Waals surface area contributed by atoms with Crippen LogP contribution in [-0.4, -0.2) is 59.5 Å². The molecule has 5 rings (SSSR count). The van der Waals surface area contributed by atoms with Crippen molar-refractivity contribution in [2.75, 3.05) is 26.8 Å². The van der Waals surface area contributed by atoms with Gasteiger partial charge in [-0.2, -0.15) is 13.2 Å². The summed E-state index contributed by atoms with van der Waals surface area (Å²) in [5.41, 5.74) is 0.825. The Morgan fingerprint density at radius 1 is 1.30 bits per heavy atom. The maximum Gasteiger partial charge on any atom is 0.431 e. The van der Waals surface area contributed by atoms with E-state index in [0.717, 1.165) is 30.4 Å². The third kappa shape index (κ3) is 3.21. The second-order valence-corrected chi connectivity index (χ2v) is 7.33. The molecule has 1 fully saturated rings. The summed E-state index contributed by atoms with van der Waals surface area (Å²) in [6, 6.07) is 8.42. The molecule has 3 aromatic rings. The van der Waals surface area contributed by atoms with E-state index in [1.54, 1.807) is 7.11 Å². The molecule has 0 bridgehead atoms. The third-order valence-corrected chi connectivity index (χ3v) is 5.51. The molecule has 0 amide bonds. The quantitative estimate of drug-likeness (QED) is 0.710. The van der Waals surface area contributed by atoms with Crippen LogP contribution in [0, 0.1) is 0 Å². The van der Waals surface area contributed by atoms with Gasteiger partial charge in [0.2, 0.25) is 12.0 Å². The fraction of sp³-hybridized carbons (Fsp3) is 0.350. The maximum atomic E-state index is 13.2. The minimum absolute atomic E-state index is 0.126. The molecule has 0 aliphatic carbocycles. The lowest BCUT2D eigenvalue weighted by Crippen LogP contribution is -2.61. The Kier molecular flexibility index (Phi) is 4.48. The predicted octanol–water partition coefficient (Wildman–Crippen LogP) is 2.61. The van der Waals surface area contributed by atoms with E-state index in [1.165, 1.54) is 6.33 Å². The Morgan fingerprint density at radius 3 is 2.87 bits per heavy atom. The Balaban J connectivity index is 1.61. The van der Waals surface area contributed by atoms with Gasteiger partial charge in [-0.25, -0.2) is 4.98 Å². The number of methoxy groups -OCH3 is 1. The maximum absolute atomic E-state index is 13.2. The first kappa shape index (κ1) is 19.0. The van der Waals surface area contributed by atoms with E-state index in [1.807, 2.05) is 24.3 Å². The summed E-state index contributed by atoms with van der Waals surface area (Å²) in [5.74, 6) is 1.01. The predicted molar refractivity (Wildman–Crippen MR) is 102 cm³/mol. The summed E-state index contributed by atoms with van der Waals surface area (Å²) >= 11 is 0. The normalized spacial score (nSPS) is 21.5. The van der Waals surface area contributed by atoms with Crippen molar-refractivity contribution in [2.24, 2.45) is 4.99 Å². The molecule has 2 aromatic heterocycles. The lowest BCUT2D eigenvalue weighted by atomic mass is 9.95. The van der Waals surface area contributed by atoms with E-state index in [9.17, 15) is 13.2 Å². The van der Waals surface area contributed by atoms with Crippen LogP contribution in [0.3, 0.4) is 0 Å². The van der Waals surface area contributed by atoms with Crippen LogP contribution in [-0.2, 0) is 10.9 Å². The van der Waals surface area contributed by atoms with Gasteiger partial charge in [0.1, 0.15) is 35.2 Å². The second-order valence-electron chi connectivity index (χ2n) is 7.33. The zero-order valence-electron chi connectivity index (χ0n) is 16.0. The average molecular weight is 418 g/mol. The van der Waals surface area contributed by atoms with Crippen LogP contribution < -0.4 is 9.72 Å². The van der Waals surface area contributed by atoms with Gasteiger partial charge < -0.3 is 14.5 Å². The number of hydrogen-bond donors (Lipinski definition) is 1. The van der Waals surface area contributed by atoms with Crippen LogP contribution in [0.25, 0.3) is 11.0 Å². The van der Waals surface area contributed by atoms with Crippen LogP contribution in [0.2, 0.25) is 0 Å². The number of nitrogens with zero attached hydrogens (tertiary/aromatic N) is 3. The molecule has 0 saturated carbocycles. The molecule has 2 aliphatic rings. The molecule has 0 radical (unpaired) electrons. The van der Waals surface area contributed by atoms with E-state index in [2.05, 4.69) is 19.9 Å². The summed E-state index contributed by atoms with van der Waals surface area (Å²) in [6.45, 7) is 1.88. The van der Waals surface area contributed by atoms with Crippen LogP contribution in [0.1, 0.15) is 11.3 Å². The minimum atomic E-state index is -4.49. The smallest absolute Gasteiger partial charge is 0.431 e. The number of fused-ring (bicyclic) bond motifs is 2. The molecule has 4 heterocycles. The number of benzene rings is 1. The number of likely N-dealkylation sites (tertiary alicyclic amines) is 1. The first-order valence-electron chi connectivity index (χ1n) is 9.48. The van der Waals surface area contributed by atoms with Crippen molar-refractivity contribution in [1.82, 2.24) is 14.9 Å². The third-order valence-electron chi connectivity index (χ3n) is 5.51. The summed E-state index contributed by atoms with van der Waals surface area (Å²) in [7, 11) is 1.68. The van der Waals surface area contributed by atoms with Crippen molar-refractivity contribution in [3.8, 4) is 5.75 Å². The number of aromatic amines is 2. The van der Waals surface area contributed by atoms with Crippen LogP contribution in [0.5, 0.6) is 5.75 Å². The average Bonchev–Trinajstić information content (AvgIpc) is 3.14. The number of ether oxygens (including phenoxy) is 2. The molecule has 2 N–H and O–H groups in total. The summed E-state index contributed by atoms with van der Waals surface area (Å²) < 4.78 is 50.8. The molecule has 0 unspecified atom stereocenters. The monoisotopic (exact) mass is 418 g/mol. The molecule has 10 heteroatoms. The van der Waals surface area contributed by atoms with Gasteiger partial charge in [0.25, 0.3) is 5.82 Å². The number of alkyl halides is 3. The highest BCUT2D eigenvalue weighted by molar-refractivity contribution is 6.09. The van der Waals surface area contributed by atoms with Crippen molar-refractivity contribution in [3.63, 3.8) is 0 Å². The van der Waals surface area contributed by atoms with Crippen molar-refractivity contribution in [2.45, 2.75) is 18.3 Å². The molecule has 2 aliphatic heterocycles. The van der Waals surface area contributed by atoms with Crippen molar-refractivity contribution in [3.05, 3.63) is 47.9 Å².